The Kier molecular flexibility index (Phi) is 5.64. The van der Waals surface area contributed by atoms with Crippen molar-refractivity contribution in [2.75, 3.05) is 11.9 Å². The van der Waals surface area contributed by atoms with E-state index in [-0.39, 0.29) is 23.3 Å². The minimum absolute atomic E-state index is 0.0782. The summed E-state index contributed by atoms with van der Waals surface area (Å²) in [5.74, 6) is -2.87. The van der Waals surface area contributed by atoms with Gasteiger partial charge in [-0.2, -0.15) is 0 Å². The van der Waals surface area contributed by atoms with Crippen molar-refractivity contribution in [2.24, 2.45) is 7.05 Å². The zero-order chi connectivity index (χ0) is 19.6. The lowest BCUT2D eigenvalue weighted by molar-refractivity contribution is -0.137. The second kappa shape index (κ2) is 7.55. The predicted octanol–water partition coefficient (Wildman–Crippen LogP) is 1.57. The van der Waals surface area contributed by atoms with Crippen LogP contribution in [0.5, 0.6) is 0 Å². The molecule has 0 aliphatic carbocycles. The van der Waals surface area contributed by atoms with Crippen molar-refractivity contribution in [3.05, 3.63) is 46.5 Å². The fourth-order valence-electron chi connectivity index (χ4n) is 2.74. The summed E-state index contributed by atoms with van der Waals surface area (Å²) in [7, 11) is 7.11. The molecule has 1 aromatic heterocycles. The van der Waals surface area contributed by atoms with Gasteiger partial charge in [0.15, 0.2) is 0 Å². The smallest absolute Gasteiger partial charge is 0.379 e. The summed E-state index contributed by atoms with van der Waals surface area (Å²) in [4.78, 5) is 36.7. The molecule has 0 unspecified atom stereocenters. The van der Waals surface area contributed by atoms with Gasteiger partial charge in [-0.15, -0.1) is 0 Å². The van der Waals surface area contributed by atoms with E-state index >= 15 is 0 Å². The molecule has 0 saturated heterocycles. The van der Waals surface area contributed by atoms with Gasteiger partial charge in [0, 0.05) is 18.4 Å². The third kappa shape index (κ3) is 3.54. The van der Waals surface area contributed by atoms with E-state index in [1.807, 2.05) is 0 Å². The van der Waals surface area contributed by atoms with Crippen molar-refractivity contribution in [2.45, 2.75) is 20.8 Å². The number of amides is 1. The first-order valence-electron chi connectivity index (χ1n) is 7.92. The Hall–Kier alpha value is -2.90. The van der Waals surface area contributed by atoms with Crippen LogP contribution in [0.1, 0.15) is 39.0 Å². The number of hydrogen-bond donors (Lipinski definition) is 1. The van der Waals surface area contributed by atoms with Crippen molar-refractivity contribution in [1.82, 2.24) is 4.57 Å². The minimum Gasteiger partial charge on any atom is -0.460 e. The molecule has 0 atom stereocenters. The molecule has 0 fully saturated rings. The molecule has 6 nitrogen and oxygen atoms in total. The van der Waals surface area contributed by atoms with E-state index < -0.39 is 23.5 Å². The lowest BCUT2D eigenvalue weighted by Crippen LogP contribution is -2.19. The molecule has 1 amide bonds. The number of halogens is 1. The fraction of sp³-hybridized carbons (Fsp3) is 0.278. The van der Waals surface area contributed by atoms with E-state index in [0.29, 0.717) is 16.9 Å². The Morgan fingerprint density at radius 3 is 2.50 bits per heavy atom. The number of anilines is 1. The van der Waals surface area contributed by atoms with Crippen LogP contribution in [0.3, 0.4) is 0 Å². The summed E-state index contributed by atoms with van der Waals surface area (Å²) in [6.07, 6.45) is 0. The summed E-state index contributed by atoms with van der Waals surface area (Å²) in [6.45, 7) is 4.89. The van der Waals surface area contributed by atoms with Gasteiger partial charge in [0.2, 0.25) is 0 Å². The molecule has 0 aliphatic heterocycles. The molecule has 26 heavy (non-hydrogen) atoms. The Bertz CT molecular complexity index is 905. The lowest BCUT2D eigenvalue weighted by Gasteiger charge is -2.09. The normalized spacial score (nSPS) is 10.5. The highest BCUT2D eigenvalue weighted by atomic mass is 19.1. The van der Waals surface area contributed by atoms with Crippen LogP contribution < -0.4 is 10.8 Å². The SMILES string of the molecule is [B]c1cc(NC(=O)c2c(C)c(C(=O)C(=O)OCC)c(C)n2C)ccc1F. The predicted molar refractivity (Wildman–Crippen MR) is 95.6 cm³/mol. The van der Waals surface area contributed by atoms with Crippen LogP contribution in [0.4, 0.5) is 10.1 Å². The number of hydrogen-bond acceptors (Lipinski definition) is 4. The molecular weight excluding hydrogens is 338 g/mol. The van der Waals surface area contributed by atoms with Crippen LogP contribution in [-0.2, 0) is 16.6 Å². The van der Waals surface area contributed by atoms with Gasteiger partial charge in [-0.25, -0.2) is 9.18 Å². The number of Topliss-reactive ketones (excluding diaryl/α,β-unsaturated/α-hetero) is 1. The van der Waals surface area contributed by atoms with E-state index in [0.717, 1.165) is 6.07 Å². The molecule has 2 aromatic rings. The summed E-state index contributed by atoms with van der Waals surface area (Å²) in [6, 6.07) is 3.81. The van der Waals surface area contributed by atoms with Gasteiger partial charge in [0.05, 0.1) is 12.2 Å². The van der Waals surface area contributed by atoms with E-state index in [4.69, 9.17) is 12.6 Å². The highest BCUT2D eigenvalue weighted by Gasteiger charge is 2.29. The number of ketones is 1. The zero-order valence-corrected chi connectivity index (χ0v) is 15.0. The van der Waals surface area contributed by atoms with E-state index in [1.54, 1.807) is 27.8 Å². The van der Waals surface area contributed by atoms with Crippen molar-refractivity contribution < 1.29 is 23.5 Å². The van der Waals surface area contributed by atoms with Crippen LogP contribution in [0, 0.1) is 19.7 Å². The third-order valence-electron chi connectivity index (χ3n) is 4.09. The van der Waals surface area contributed by atoms with Gasteiger partial charge >= 0.3 is 5.97 Å². The number of ether oxygens (including phenoxy) is 1. The van der Waals surface area contributed by atoms with Crippen molar-refractivity contribution in [3.8, 4) is 0 Å². The van der Waals surface area contributed by atoms with Gasteiger partial charge in [0.1, 0.15) is 19.4 Å². The number of esters is 1. The fourth-order valence-corrected chi connectivity index (χ4v) is 2.74. The standard InChI is InChI=1S/C18H18BFN2O4/c1-5-26-18(25)16(23)14-9(2)15(22(4)10(14)3)17(24)21-11-6-7-13(20)12(19)8-11/h6-8H,5H2,1-4H3,(H,21,24). The zero-order valence-electron chi connectivity index (χ0n) is 15.0. The van der Waals surface area contributed by atoms with Crippen LogP contribution >= 0.6 is 0 Å². The van der Waals surface area contributed by atoms with Crippen LogP contribution in [0.25, 0.3) is 0 Å². The Morgan fingerprint density at radius 2 is 1.92 bits per heavy atom. The number of rotatable bonds is 5. The Balaban J connectivity index is 2.39. The maximum atomic E-state index is 13.2. The highest BCUT2D eigenvalue weighted by Crippen LogP contribution is 2.23. The molecule has 0 spiro atoms. The van der Waals surface area contributed by atoms with E-state index in [2.05, 4.69) is 5.32 Å². The van der Waals surface area contributed by atoms with Gasteiger partial charge < -0.3 is 14.6 Å². The first kappa shape index (κ1) is 19.4. The quantitative estimate of drug-likeness (QED) is 0.382. The molecule has 8 heteroatoms. The summed E-state index contributed by atoms with van der Waals surface area (Å²) < 4.78 is 19.5. The molecule has 0 bridgehead atoms. The third-order valence-corrected chi connectivity index (χ3v) is 4.09. The van der Waals surface area contributed by atoms with Crippen LogP contribution in [0.2, 0.25) is 0 Å². The van der Waals surface area contributed by atoms with Crippen LogP contribution in [-0.4, -0.2) is 36.7 Å². The van der Waals surface area contributed by atoms with Crippen molar-refractivity contribution >= 4 is 36.7 Å². The number of carbonyl (C=O) groups excluding carboxylic acids is 3. The molecule has 134 valence electrons. The van der Waals surface area contributed by atoms with E-state index in [1.165, 1.54) is 16.7 Å². The number of carbonyl (C=O) groups is 3. The number of aromatic nitrogens is 1. The Labute approximate surface area is 151 Å². The number of nitrogens with zero attached hydrogens (tertiary/aromatic N) is 1. The number of nitrogens with one attached hydrogen (secondary N) is 1. The maximum absolute atomic E-state index is 13.2. The molecule has 0 saturated carbocycles. The first-order chi connectivity index (χ1) is 12.2. The largest absolute Gasteiger partial charge is 0.460 e. The van der Waals surface area contributed by atoms with E-state index in [9.17, 15) is 18.8 Å². The van der Waals surface area contributed by atoms with Gasteiger partial charge in [-0.1, -0.05) is 5.46 Å². The monoisotopic (exact) mass is 356 g/mol. The molecule has 1 N–H and O–H groups in total. The molecular formula is C18H18BFN2O4. The molecule has 0 aliphatic rings. The summed E-state index contributed by atoms with van der Waals surface area (Å²) in [5.41, 5.74) is 1.37. The molecule has 2 rings (SSSR count). The van der Waals surface area contributed by atoms with Crippen molar-refractivity contribution in [3.63, 3.8) is 0 Å². The lowest BCUT2D eigenvalue weighted by atomic mass is 9.95. The van der Waals surface area contributed by atoms with Gasteiger partial charge in [-0.3, -0.25) is 9.59 Å². The molecule has 1 heterocycles. The maximum Gasteiger partial charge on any atom is 0.379 e. The molecule has 2 radical (unpaired) electrons. The summed E-state index contributed by atoms with van der Waals surface area (Å²) in [5, 5.41) is 2.61. The van der Waals surface area contributed by atoms with Crippen molar-refractivity contribution in [1.29, 1.82) is 0 Å². The average molecular weight is 356 g/mol. The summed E-state index contributed by atoms with van der Waals surface area (Å²) >= 11 is 0. The minimum atomic E-state index is -0.970. The van der Waals surface area contributed by atoms with Gasteiger partial charge in [0.25, 0.3) is 11.7 Å². The van der Waals surface area contributed by atoms with Gasteiger partial charge in [-0.05, 0) is 44.5 Å². The number of benzene rings is 1. The first-order valence-corrected chi connectivity index (χ1v) is 7.92. The highest BCUT2D eigenvalue weighted by molar-refractivity contribution is 6.41. The van der Waals surface area contributed by atoms with Crippen LogP contribution in [0.15, 0.2) is 18.2 Å². The second-order valence-corrected chi connectivity index (χ2v) is 5.73. The second-order valence-electron chi connectivity index (χ2n) is 5.73. The Morgan fingerprint density at radius 1 is 1.27 bits per heavy atom. The molecule has 1 aromatic carbocycles. The average Bonchev–Trinajstić information content (AvgIpc) is 2.80. The topological polar surface area (TPSA) is 77.4 Å².